The van der Waals surface area contributed by atoms with E-state index in [1.54, 1.807) is 36.4 Å². The van der Waals surface area contributed by atoms with Crippen molar-refractivity contribution in [2.45, 2.75) is 13.5 Å². The second-order valence-corrected chi connectivity index (χ2v) is 6.55. The second-order valence-electron chi connectivity index (χ2n) is 6.55. The summed E-state index contributed by atoms with van der Waals surface area (Å²) in [7, 11) is 0. The fraction of sp³-hybridized carbons (Fsp3) is 0.125. The molecule has 0 bridgehead atoms. The molecule has 0 fully saturated rings. The van der Waals surface area contributed by atoms with Crippen LogP contribution in [0.4, 0.5) is 5.69 Å². The zero-order valence-corrected chi connectivity index (χ0v) is 16.9. The summed E-state index contributed by atoms with van der Waals surface area (Å²) in [5, 5.41) is 6.86. The standard InChI is InChI=1S/C24H21N3O4/c1-2-29-21-15-9-7-13-19(21)25-24(28)18-12-6-8-14-20(18)30-16-22-26-23(27-31-22)17-10-4-3-5-11-17/h3-15H,2,16H2,1H3,(H,25,28). The number of carbonyl (C=O) groups excluding carboxylic acids is 1. The Balaban J connectivity index is 1.47. The Morgan fingerprint density at radius 3 is 2.42 bits per heavy atom. The van der Waals surface area contributed by atoms with Crippen molar-refractivity contribution in [2.24, 2.45) is 0 Å². The number of benzene rings is 3. The Labute approximate surface area is 179 Å². The molecule has 31 heavy (non-hydrogen) atoms. The van der Waals surface area contributed by atoms with Crippen molar-refractivity contribution in [1.82, 2.24) is 10.1 Å². The molecular weight excluding hydrogens is 394 g/mol. The fourth-order valence-electron chi connectivity index (χ4n) is 2.98. The highest BCUT2D eigenvalue weighted by atomic mass is 16.5. The molecule has 4 aromatic rings. The van der Waals surface area contributed by atoms with Gasteiger partial charge in [0.25, 0.3) is 11.8 Å². The number of nitrogens with one attached hydrogen (secondary N) is 1. The predicted octanol–water partition coefficient (Wildman–Crippen LogP) is 4.97. The minimum atomic E-state index is -0.307. The quantitative estimate of drug-likeness (QED) is 0.437. The van der Waals surface area contributed by atoms with E-state index >= 15 is 0 Å². The minimum absolute atomic E-state index is 0.0413. The van der Waals surface area contributed by atoms with Crippen LogP contribution in [0.1, 0.15) is 23.2 Å². The highest BCUT2D eigenvalue weighted by molar-refractivity contribution is 6.06. The summed E-state index contributed by atoms with van der Waals surface area (Å²) in [4.78, 5) is 17.2. The van der Waals surface area contributed by atoms with Crippen LogP contribution in [0.3, 0.4) is 0 Å². The number of hydrogen-bond acceptors (Lipinski definition) is 6. The normalized spacial score (nSPS) is 10.5. The Bertz CT molecular complexity index is 1160. The molecule has 0 saturated heterocycles. The first-order chi connectivity index (χ1) is 15.2. The zero-order valence-electron chi connectivity index (χ0n) is 16.9. The summed E-state index contributed by atoms with van der Waals surface area (Å²) < 4.78 is 16.7. The number of hydrogen-bond donors (Lipinski definition) is 1. The zero-order chi connectivity index (χ0) is 21.5. The van der Waals surface area contributed by atoms with Crippen LogP contribution >= 0.6 is 0 Å². The number of carbonyl (C=O) groups is 1. The van der Waals surface area contributed by atoms with Gasteiger partial charge in [0.15, 0.2) is 6.61 Å². The van der Waals surface area contributed by atoms with Gasteiger partial charge in [0.2, 0.25) is 5.82 Å². The van der Waals surface area contributed by atoms with Crippen LogP contribution < -0.4 is 14.8 Å². The molecule has 7 heteroatoms. The van der Waals surface area contributed by atoms with E-state index in [4.69, 9.17) is 14.0 Å². The predicted molar refractivity (Wildman–Crippen MR) is 116 cm³/mol. The summed E-state index contributed by atoms with van der Waals surface area (Å²) in [6.45, 7) is 2.43. The van der Waals surface area contributed by atoms with Gasteiger partial charge in [-0.2, -0.15) is 4.98 Å². The molecule has 0 aliphatic heterocycles. The number of ether oxygens (including phenoxy) is 2. The van der Waals surface area contributed by atoms with Crippen molar-refractivity contribution >= 4 is 11.6 Å². The van der Waals surface area contributed by atoms with E-state index in [0.29, 0.717) is 41.1 Å². The van der Waals surface area contributed by atoms with Gasteiger partial charge in [0, 0.05) is 5.56 Å². The van der Waals surface area contributed by atoms with Crippen LogP contribution in [-0.4, -0.2) is 22.7 Å². The molecule has 156 valence electrons. The number of para-hydroxylation sites is 3. The van der Waals surface area contributed by atoms with Crippen molar-refractivity contribution < 1.29 is 18.8 Å². The molecule has 0 aliphatic rings. The van der Waals surface area contributed by atoms with Crippen LogP contribution in [0.5, 0.6) is 11.5 Å². The lowest BCUT2D eigenvalue weighted by atomic mass is 10.1. The molecule has 1 amide bonds. The summed E-state index contributed by atoms with van der Waals surface area (Å²) in [5.41, 5.74) is 1.83. The van der Waals surface area contributed by atoms with Gasteiger partial charge >= 0.3 is 0 Å². The van der Waals surface area contributed by atoms with E-state index in [0.717, 1.165) is 5.56 Å². The topological polar surface area (TPSA) is 86.5 Å². The van der Waals surface area contributed by atoms with Crippen LogP contribution in [0.25, 0.3) is 11.4 Å². The van der Waals surface area contributed by atoms with Crippen molar-refractivity contribution in [3.05, 3.63) is 90.3 Å². The van der Waals surface area contributed by atoms with Crippen molar-refractivity contribution in [2.75, 3.05) is 11.9 Å². The molecule has 1 aromatic heterocycles. The molecule has 0 saturated carbocycles. The average molecular weight is 415 g/mol. The smallest absolute Gasteiger partial charge is 0.264 e. The van der Waals surface area contributed by atoms with E-state index < -0.39 is 0 Å². The van der Waals surface area contributed by atoms with Gasteiger partial charge in [-0.25, -0.2) is 0 Å². The summed E-state index contributed by atoms with van der Waals surface area (Å²) in [6.07, 6.45) is 0. The molecule has 0 aliphatic carbocycles. The van der Waals surface area contributed by atoms with E-state index in [1.807, 2.05) is 49.4 Å². The third kappa shape index (κ3) is 4.90. The first kappa shape index (κ1) is 20.2. The van der Waals surface area contributed by atoms with E-state index in [-0.39, 0.29) is 12.5 Å². The van der Waals surface area contributed by atoms with Crippen LogP contribution in [0.2, 0.25) is 0 Å². The minimum Gasteiger partial charge on any atom is -0.492 e. The van der Waals surface area contributed by atoms with Crippen molar-refractivity contribution in [3.63, 3.8) is 0 Å². The van der Waals surface area contributed by atoms with Gasteiger partial charge in [-0.15, -0.1) is 0 Å². The third-order valence-electron chi connectivity index (χ3n) is 4.42. The van der Waals surface area contributed by atoms with Gasteiger partial charge in [-0.3, -0.25) is 4.79 Å². The molecule has 1 N–H and O–H groups in total. The van der Waals surface area contributed by atoms with E-state index in [2.05, 4.69) is 15.5 Å². The summed E-state index contributed by atoms with van der Waals surface area (Å²) in [6, 6.07) is 23.8. The molecular formula is C24H21N3O4. The maximum absolute atomic E-state index is 12.9. The molecule has 0 unspecified atom stereocenters. The maximum atomic E-state index is 12.9. The number of rotatable bonds is 8. The molecule has 0 radical (unpaired) electrons. The molecule has 1 heterocycles. The van der Waals surface area contributed by atoms with Crippen LogP contribution in [-0.2, 0) is 6.61 Å². The summed E-state index contributed by atoms with van der Waals surface area (Å²) in [5.74, 6) is 1.51. The first-order valence-electron chi connectivity index (χ1n) is 9.87. The van der Waals surface area contributed by atoms with Gasteiger partial charge in [0.1, 0.15) is 11.5 Å². The highest BCUT2D eigenvalue weighted by Gasteiger charge is 2.16. The lowest BCUT2D eigenvalue weighted by Gasteiger charge is -2.13. The van der Waals surface area contributed by atoms with Crippen molar-refractivity contribution in [3.8, 4) is 22.9 Å². The van der Waals surface area contributed by atoms with E-state index in [9.17, 15) is 4.79 Å². The number of amides is 1. The molecule has 4 rings (SSSR count). The monoisotopic (exact) mass is 415 g/mol. The number of nitrogens with zero attached hydrogens (tertiary/aromatic N) is 2. The van der Waals surface area contributed by atoms with Gasteiger partial charge in [-0.1, -0.05) is 59.8 Å². The third-order valence-corrected chi connectivity index (χ3v) is 4.42. The number of anilines is 1. The SMILES string of the molecule is CCOc1ccccc1NC(=O)c1ccccc1OCc1nc(-c2ccccc2)no1. The molecule has 0 spiro atoms. The molecule has 7 nitrogen and oxygen atoms in total. The Morgan fingerprint density at radius 1 is 0.903 bits per heavy atom. The maximum Gasteiger partial charge on any atom is 0.264 e. The van der Waals surface area contributed by atoms with Crippen LogP contribution in [0, 0.1) is 0 Å². The largest absolute Gasteiger partial charge is 0.492 e. The first-order valence-corrected chi connectivity index (χ1v) is 9.87. The number of aromatic nitrogens is 2. The Hall–Kier alpha value is -4.13. The van der Waals surface area contributed by atoms with Gasteiger partial charge in [0.05, 0.1) is 17.9 Å². The fourth-order valence-corrected chi connectivity index (χ4v) is 2.98. The Morgan fingerprint density at radius 2 is 1.61 bits per heavy atom. The van der Waals surface area contributed by atoms with E-state index in [1.165, 1.54) is 0 Å². The van der Waals surface area contributed by atoms with Crippen molar-refractivity contribution in [1.29, 1.82) is 0 Å². The lowest BCUT2D eigenvalue weighted by molar-refractivity contribution is 0.102. The van der Waals surface area contributed by atoms with Crippen LogP contribution in [0.15, 0.2) is 83.4 Å². The lowest BCUT2D eigenvalue weighted by Crippen LogP contribution is -2.14. The van der Waals surface area contributed by atoms with Gasteiger partial charge in [-0.05, 0) is 31.2 Å². The molecule has 3 aromatic carbocycles. The average Bonchev–Trinajstić information content (AvgIpc) is 3.29. The summed E-state index contributed by atoms with van der Waals surface area (Å²) >= 11 is 0. The second kappa shape index (κ2) is 9.58. The Kier molecular flexibility index (Phi) is 6.23. The molecule has 0 atom stereocenters. The highest BCUT2D eigenvalue weighted by Crippen LogP contribution is 2.26. The van der Waals surface area contributed by atoms with Gasteiger partial charge < -0.3 is 19.3 Å².